The second-order valence-corrected chi connectivity index (χ2v) is 7.75. The number of nitrogens with one attached hydrogen (secondary N) is 2. The lowest BCUT2D eigenvalue weighted by molar-refractivity contribution is -0.0379. The smallest absolute Gasteiger partial charge is 0.261 e. The summed E-state index contributed by atoms with van der Waals surface area (Å²) in [5, 5.41) is 3.92. The molecule has 0 saturated carbocycles. The number of fused-ring (bicyclic) bond motifs is 3. The van der Waals surface area contributed by atoms with Crippen LogP contribution in [0.2, 0.25) is 0 Å². The fourth-order valence-corrected chi connectivity index (χ4v) is 4.12. The van der Waals surface area contributed by atoms with E-state index >= 15 is 0 Å². The van der Waals surface area contributed by atoms with E-state index in [1.165, 1.54) is 0 Å². The Morgan fingerprint density at radius 3 is 2.92 bits per heavy atom. The molecule has 5 nitrogen and oxygen atoms in total. The number of thiophene rings is 1. The average Bonchev–Trinajstić information content (AvgIpc) is 2.91. The molecule has 0 amide bonds. The number of aromatic amines is 1. The minimum Gasteiger partial charge on any atom is -0.370 e. The third kappa shape index (κ3) is 2.83. The molecule has 4 rings (SSSR count). The van der Waals surface area contributed by atoms with Crippen LogP contribution in [0.4, 0.5) is 5.95 Å². The van der Waals surface area contributed by atoms with Crippen molar-refractivity contribution in [2.45, 2.75) is 39.0 Å². The quantitative estimate of drug-likeness (QED) is 0.766. The van der Waals surface area contributed by atoms with Gasteiger partial charge in [0, 0.05) is 17.8 Å². The van der Waals surface area contributed by atoms with Crippen LogP contribution in [0.3, 0.4) is 0 Å². The third-order valence-electron chi connectivity index (χ3n) is 4.24. The van der Waals surface area contributed by atoms with Gasteiger partial charge in [-0.1, -0.05) is 30.3 Å². The monoisotopic (exact) mass is 341 g/mol. The van der Waals surface area contributed by atoms with Crippen LogP contribution in [0.1, 0.15) is 29.9 Å². The predicted octanol–water partition coefficient (Wildman–Crippen LogP) is 3.45. The number of hydrogen-bond acceptors (Lipinski definition) is 5. The topological polar surface area (TPSA) is 67.0 Å². The number of benzene rings is 1. The minimum absolute atomic E-state index is 0.0780. The van der Waals surface area contributed by atoms with Gasteiger partial charge in [-0.25, -0.2) is 4.98 Å². The molecule has 0 saturated heterocycles. The summed E-state index contributed by atoms with van der Waals surface area (Å²) in [4.78, 5) is 21.9. The van der Waals surface area contributed by atoms with Crippen molar-refractivity contribution in [3.8, 4) is 0 Å². The summed E-state index contributed by atoms with van der Waals surface area (Å²) in [5.74, 6) is 0.509. The molecule has 1 aliphatic rings. The van der Waals surface area contributed by atoms with E-state index in [0.717, 1.165) is 32.6 Å². The molecular weight excluding hydrogens is 322 g/mol. The lowest BCUT2D eigenvalue weighted by Gasteiger charge is -2.29. The second-order valence-electron chi connectivity index (χ2n) is 6.66. The van der Waals surface area contributed by atoms with Crippen LogP contribution in [0.25, 0.3) is 10.2 Å². The number of ether oxygens (including phenoxy) is 1. The predicted molar refractivity (Wildman–Crippen MR) is 96.6 cm³/mol. The van der Waals surface area contributed by atoms with Gasteiger partial charge in [-0.2, -0.15) is 0 Å². The van der Waals surface area contributed by atoms with Gasteiger partial charge in [0.25, 0.3) is 5.56 Å². The second kappa shape index (κ2) is 5.72. The molecule has 0 fully saturated rings. The van der Waals surface area contributed by atoms with Crippen molar-refractivity contribution < 1.29 is 4.74 Å². The van der Waals surface area contributed by atoms with Crippen LogP contribution < -0.4 is 10.9 Å². The van der Waals surface area contributed by atoms with E-state index < -0.39 is 0 Å². The van der Waals surface area contributed by atoms with Gasteiger partial charge in [0.2, 0.25) is 5.95 Å². The van der Waals surface area contributed by atoms with Gasteiger partial charge in [-0.3, -0.25) is 9.78 Å². The Hall–Kier alpha value is -2.18. The summed E-state index contributed by atoms with van der Waals surface area (Å²) in [6, 6.07) is 10.0. The van der Waals surface area contributed by atoms with Gasteiger partial charge in [0.1, 0.15) is 4.83 Å². The zero-order valence-electron chi connectivity index (χ0n) is 13.7. The molecule has 0 bridgehead atoms. The van der Waals surface area contributed by atoms with E-state index in [4.69, 9.17) is 4.74 Å². The van der Waals surface area contributed by atoms with Crippen molar-refractivity contribution >= 4 is 27.5 Å². The number of H-pyrrole nitrogens is 1. The summed E-state index contributed by atoms with van der Waals surface area (Å²) >= 11 is 1.55. The van der Waals surface area contributed by atoms with Gasteiger partial charge in [0.15, 0.2) is 0 Å². The van der Waals surface area contributed by atoms with Crippen LogP contribution in [0, 0.1) is 0 Å². The Morgan fingerprint density at radius 2 is 2.12 bits per heavy atom. The van der Waals surface area contributed by atoms with E-state index in [1.54, 1.807) is 11.3 Å². The minimum atomic E-state index is -0.238. The number of rotatable bonds is 3. The normalized spacial score (nSPS) is 16.1. The molecule has 24 heavy (non-hydrogen) atoms. The van der Waals surface area contributed by atoms with E-state index in [0.29, 0.717) is 19.1 Å². The maximum atomic E-state index is 12.6. The summed E-state index contributed by atoms with van der Waals surface area (Å²) in [6.45, 7) is 5.28. The molecule has 3 aromatic rings. The molecule has 2 N–H and O–H groups in total. The summed E-state index contributed by atoms with van der Waals surface area (Å²) in [5.41, 5.74) is 1.92. The largest absolute Gasteiger partial charge is 0.370 e. The van der Waals surface area contributed by atoms with Crippen LogP contribution in [0.15, 0.2) is 35.1 Å². The van der Waals surface area contributed by atoms with Gasteiger partial charge in [0.05, 0.1) is 17.6 Å². The SMILES string of the molecule is CC1(C)Cc2c(sc3nc(NCc4ccccc4)[nH]c(=O)c23)CO1. The van der Waals surface area contributed by atoms with Crippen molar-refractivity contribution in [3.05, 3.63) is 56.7 Å². The summed E-state index contributed by atoms with van der Waals surface area (Å²) in [6.07, 6.45) is 0.740. The Morgan fingerprint density at radius 1 is 1.33 bits per heavy atom. The zero-order valence-corrected chi connectivity index (χ0v) is 14.5. The Balaban J connectivity index is 1.67. The molecule has 2 aromatic heterocycles. The van der Waals surface area contributed by atoms with Crippen molar-refractivity contribution in [2.24, 2.45) is 0 Å². The Bertz CT molecular complexity index is 944. The number of nitrogens with zero attached hydrogens (tertiary/aromatic N) is 1. The van der Waals surface area contributed by atoms with Gasteiger partial charge in [-0.15, -0.1) is 11.3 Å². The van der Waals surface area contributed by atoms with Crippen LogP contribution in [-0.4, -0.2) is 15.6 Å². The fraction of sp³-hybridized carbons (Fsp3) is 0.333. The van der Waals surface area contributed by atoms with Crippen molar-refractivity contribution in [3.63, 3.8) is 0 Å². The highest BCUT2D eigenvalue weighted by molar-refractivity contribution is 7.18. The molecule has 1 aliphatic heterocycles. The molecule has 124 valence electrons. The molecular formula is C18H19N3O2S. The number of aromatic nitrogens is 2. The van der Waals surface area contributed by atoms with E-state index in [-0.39, 0.29) is 11.2 Å². The standard InChI is InChI=1S/C18H19N3O2S/c1-18(2)8-12-13(10-23-18)24-16-14(12)15(22)20-17(21-16)19-9-11-6-4-3-5-7-11/h3-7H,8-10H2,1-2H3,(H2,19,20,21,22). The molecule has 1 aromatic carbocycles. The Kier molecular flexibility index (Phi) is 3.66. The highest BCUT2D eigenvalue weighted by Gasteiger charge is 2.30. The molecule has 0 atom stereocenters. The lowest BCUT2D eigenvalue weighted by atomic mass is 9.94. The van der Waals surface area contributed by atoms with Crippen LogP contribution in [-0.2, 0) is 24.3 Å². The zero-order chi connectivity index (χ0) is 16.7. The summed E-state index contributed by atoms with van der Waals surface area (Å²) < 4.78 is 5.85. The van der Waals surface area contributed by atoms with E-state index in [2.05, 4.69) is 29.1 Å². The van der Waals surface area contributed by atoms with Gasteiger partial charge < -0.3 is 10.1 Å². The van der Waals surface area contributed by atoms with Gasteiger partial charge >= 0.3 is 0 Å². The molecule has 3 heterocycles. The highest BCUT2D eigenvalue weighted by Crippen LogP contribution is 2.36. The Labute approximate surface area is 143 Å². The first-order valence-corrected chi connectivity index (χ1v) is 8.80. The molecule has 0 spiro atoms. The van der Waals surface area contributed by atoms with Gasteiger partial charge in [-0.05, 0) is 25.0 Å². The number of anilines is 1. The summed E-state index contributed by atoms with van der Waals surface area (Å²) in [7, 11) is 0. The van der Waals surface area contributed by atoms with Crippen molar-refractivity contribution in [1.82, 2.24) is 9.97 Å². The highest BCUT2D eigenvalue weighted by atomic mass is 32.1. The van der Waals surface area contributed by atoms with Crippen molar-refractivity contribution in [2.75, 3.05) is 5.32 Å². The van der Waals surface area contributed by atoms with Crippen LogP contribution >= 0.6 is 11.3 Å². The molecule has 0 unspecified atom stereocenters. The van der Waals surface area contributed by atoms with Crippen molar-refractivity contribution in [1.29, 1.82) is 0 Å². The fourth-order valence-electron chi connectivity index (χ4n) is 3.02. The molecule has 6 heteroatoms. The van der Waals surface area contributed by atoms with E-state index in [9.17, 15) is 4.79 Å². The maximum absolute atomic E-state index is 12.6. The number of hydrogen-bond donors (Lipinski definition) is 2. The van der Waals surface area contributed by atoms with Crippen LogP contribution in [0.5, 0.6) is 0 Å². The first kappa shape index (κ1) is 15.4. The first-order chi connectivity index (χ1) is 11.5. The first-order valence-electron chi connectivity index (χ1n) is 7.98. The molecule has 0 aliphatic carbocycles. The molecule has 0 radical (unpaired) electrons. The maximum Gasteiger partial charge on any atom is 0.261 e. The lowest BCUT2D eigenvalue weighted by Crippen LogP contribution is -2.31. The van der Waals surface area contributed by atoms with E-state index in [1.807, 2.05) is 30.3 Å². The third-order valence-corrected chi connectivity index (χ3v) is 5.34. The average molecular weight is 341 g/mol.